The number of carbonyl (C=O) groups excluding carboxylic acids is 1. The van der Waals surface area contributed by atoms with Gasteiger partial charge in [-0.25, -0.2) is 9.79 Å². The van der Waals surface area contributed by atoms with Crippen molar-refractivity contribution in [3.05, 3.63) is 36.0 Å². The Balaban J connectivity index is 2.06. The molecule has 2 unspecified atom stereocenters. The fourth-order valence-corrected chi connectivity index (χ4v) is 2.64. The van der Waals surface area contributed by atoms with Crippen molar-refractivity contribution in [1.82, 2.24) is 4.57 Å². The minimum absolute atomic E-state index is 0.378. The van der Waals surface area contributed by atoms with Crippen molar-refractivity contribution in [3.8, 4) is 0 Å². The Morgan fingerprint density at radius 3 is 2.85 bits per heavy atom. The van der Waals surface area contributed by atoms with E-state index >= 15 is 0 Å². The smallest absolute Gasteiger partial charge is 0.335 e. The molecule has 0 saturated heterocycles. The second-order valence-electron chi connectivity index (χ2n) is 4.84. The minimum Gasteiger partial charge on any atom is -0.469 e. The van der Waals surface area contributed by atoms with E-state index in [4.69, 9.17) is 9.47 Å². The first kappa shape index (κ1) is 12.7. The molecular weight excluding hydrogens is 256 g/mol. The summed E-state index contributed by atoms with van der Waals surface area (Å²) in [5.41, 5.74) is 2.02. The molecule has 1 aliphatic heterocycles. The lowest BCUT2D eigenvalue weighted by molar-refractivity contribution is -0.143. The van der Waals surface area contributed by atoms with E-state index in [1.54, 1.807) is 6.92 Å². The average Bonchev–Trinajstić information content (AvgIpc) is 2.99. The molecule has 0 fully saturated rings. The van der Waals surface area contributed by atoms with E-state index in [2.05, 4.69) is 4.99 Å². The molecular formula is C15H16N2O3. The van der Waals surface area contributed by atoms with E-state index in [0.717, 1.165) is 16.6 Å². The molecule has 2 atom stereocenters. The standard InChI is InChI=1S/C15H16N2O3/c1-9-16-13(15(18)19-3)14(20-9)12-8-10-6-4-5-7-11(10)17(12)2/h4-8,13-14H,1-3H3. The summed E-state index contributed by atoms with van der Waals surface area (Å²) in [7, 11) is 3.33. The van der Waals surface area contributed by atoms with Crippen molar-refractivity contribution in [1.29, 1.82) is 0 Å². The van der Waals surface area contributed by atoms with Gasteiger partial charge in [-0.3, -0.25) is 0 Å². The zero-order chi connectivity index (χ0) is 14.3. The van der Waals surface area contributed by atoms with Crippen molar-refractivity contribution < 1.29 is 14.3 Å². The molecule has 2 aromatic rings. The van der Waals surface area contributed by atoms with Crippen molar-refractivity contribution in [2.75, 3.05) is 7.11 Å². The quantitative estimate of drug-likeness (QED) is 0.788. The fraction of sp³-hybridized carbons (Fsp3) is 0.333. The highest BCUT2D eigenvalue weighted by molar-refractivity contribution is 5.87. The van der Waals surface area contributed by atoms with E-state index in [9.17, 15) is 4.79 Å². The van der Waals surface area contributed by atoms with Gasteiger partial charge >= 0.3 is 5.97 Å². The number of nitrogens with zero attached hydrogens (tertiary/aromatic N) is 2. The molecule has 0 radical (unpaired) electrons. The lowest BCUT2D eigenvalue weighted by Crippen LogP contribution is -2.26. The van der Waals surface area contributed by atoms with Crippen molar-refractivity contribution in [2.24, 2.45) is 12.0 Å². The van der Waals surface area contributed by atoms with Crippen LogP contribution < -0.4 is 0 Å². The zero-order valence-corrected chi connectivity index (χ0v) is 11.7. The first-order valence-corrected chi connectivity index (χ1v) is 6.45. The number of aromatic nitrogens is 1. The molecule has 1 aliphatic rings. The van der Waals surface area contributed by atoms with Crippen LogP contribution >= 0.6 is 0 Å². The minimum atomic E-state index is -0.636. The Bertz CT molecular complexity index is 702. The molecule has 3 rings (SSSR count). The third-order valence-electron chi connectivity index (χ3n) is 3.63. The molecule has 104 valence electrons. The third kappa shape index (κ3) is 1.86. The summed E-state index contributed by atoms with van der Waals surface area (Å²) in [5, 5.41) is 1.11. The van der Waals surface area contributed by atoms with Gasteiger partial charge in [-0.15, -0.1) is 0 Å². The van der Waals surface area contributed by atoms with Crippen LogP contribution in [0.2, 0.25) is 0 Å². The van der Waals surface area contributed by atoms with Crippen LogP contribution in [-0.2, 0) is 21.3 Å². The summed E-state index contributed by atoms with van der Waals surface area (Å²) < 4.78 is 12.6. The second-order valence-corrected chi connectivity index (χ2v) is 4.84. The number of aliphatic imine (C=N–C) groups is 1. The van der Waals surface area contributed by atoms with Gasteiger partial charge in [0.25, 0.3) is 0 Å². The zero-order valence-electron chi connectivity index (χ0n) is 11.7. The van der Waals surface area contributed by atoms with Gasteiger partial charge in [-0.05, 0) is 17.5 Å². The Kier molecular flexibility index (Phi) is 2.97. The maximum absolute atomic E-state index is 11.9. The summed E-state index contributed by atoms with van der Waals surface area (Å²) in [6.45, 7) is 1.75. The Morgan fingerprint density at radius 2 is 2.15 bits per heavy atom. The number of esters is 1. The number of aryl methyl sites for hydroxylation is 1. The number of carbonyl (C=O) groups is 1. The molecule has 20 heavy (non-hydrogen) atoms. The van der Waals surface area contributed by atoms with Gasteiger partial charge < -0.3 is 14.0 Å². The Morgan fingerprint density at radius 1 is 1.40 bits per heavy atom. The van der Waals surface area contributed by atoms with Crippen LogP contribution in [0.1, 0.15) is 18.7 Å². The molecule has 2 heterocycles. The van der Waals surface area contributed by atoms with Crippen LogP contribution in [0, 0.1) is 0 Å². The van der Waals surface area contributed by atoms with Gasteiger partial charge in [0, 0.05) is 19.5 Å². The van der Waals surface area contributed by atoms with E-state index in [1.165, 1.54) is 7.11 Å². The molecule has 1 aromatic heterocycles. The van der Waals surface area contributed by atoms with Crippen LogP contribution in [0.15, 0.2) is 35.3 Å². The Hall–Kier alpha value is -2.30. The number of hydrogen-bond donors (Lipinski definition) is 0. The van der Waals surface area contributed by atoms with Gasteiger partial charge in [0.1, 0.15) is 0 Å². The lowest BCUT2D eigenvalue weighted by atomic mass is 10.1. The first-order valence-electron chi connectivity index (χ1n) is 6.45. The van der Waals surface area contributed by atoms with Gasteiger partial charge in [-0.2, -0.15) is 0 Å². The summed E-state index contributed by atoms with van der Waals surface area (Å²) in [4.78, 5) is 16.1. The van der Waals surface area contributed by atoms with Crippen LogP contribution in [0.25, 0.3) is 10.9 Å². The van der Waals surface area contributed by atoms with E-state index < -0.39 is 12.1 Å². The highest BCUT2D eigenvalue weighted by Gasteiger charge is 2.38. The second kappa shape index (κ2) is 4.67. The third-order valence-corrected chi connectivity index (χ3v) is 3.63. The van der Waals surface area contributed by atoms with E-state index in [-0.39, 0.29) is 5.97 Å². The number of fused-ring (bicyclic) bond motifs is 1. The van der Waals surface area contributed by atoms with Crippen molar-refractivity contribution in [3.63, 3.8) is 0 Å². The number of rotatable bonds is 2. The molecule has 0 N–H and O–H groups in total. The topological polar surface area (TPSA) is 52.8 Å². The lowest BCUT2D eigenvalue weighted by Gasteiger charge is -2.17. The highest BCUT2D eigenvalue weighted by atomic mass is 16.5. The molecule has 0 amide bonds. The largest absolute Gasteiger partial charge is 0.469 e. The predicted molar refractivity (Wildman–Crippen MR) is 75.7 cm³/mol. The van der Waals surface area contributed by atoms with Crippen molar-refractivity contribution >= 4 is 22.8 Å². The summed E-state index contributed by atoms with van der Waals surface area (Å²) in [6.07, 6.45) is -0.431. The molecule has 1 aromatic carbocycles. The fourth-order valence-electron chi connectivity index (χ4n) is 2.64. The summed E-state index contributed by atoms with van der Waals surface area (Å²) >= 11 is 0. The van der Waals surface area contributed by atoms with E-state index in [0.29, 0.717) is 5.90 Å². The van der Waals surface area contributed by atoms with Gasteiger partial charge in [0.15, 0.2) is 18.0 Å². The average molecular weight is 272 g/mol. The normalized spacial score (nSPS) is 21.6. The highest BCUT2D eigenvalue weighted by Crippen LogP contribution is 2.33. The molecule has 5 heteroatoms. The van der Waals surface area contributed by atoms with E-state index in [1.807, 2.05) is 41.9 Å². The van der Waals surface area contributed by atoms with Crippen LogP contribution in [0.3, 0.4) is 0 Å². The summed E-state index contributed by atoms with van der Waals surface area (Å²) in [5.74, 6) is 0.132. The maximum atomic E-state index is 11.9. The molecule has 0 saturated carbocycles. The SMILES string of the molecule is COC(=O)C1N=C(C)OC1c1cc2ccccc2n1C. The Labute approximate surface area is 116 Å². The number of methoxy groups -OCH3 is 1. The number of benzene rings is 1. The van der Waals surface area contributed by atoms with Crippen LogP contribution in [0.5, 0.6) is 0 Å². The van der Waals surface area contributed by atoms with Crippen molar-refractivity contribution in [2.45, 2.75) is 19.1 Å². The summed E-state index contributed by atoms with van der Waals surface area (Å²) in [6, 6.07) is 9.44. The predicted octanol–water partition coefficient (Wildman–Crippen LogP) is 2.21. The van der Waals surface area contributed by atoms with Crippen LogP contribution in [-0.4, -0.2) is 29.6 Å². The first-order chi connectivity index (χ1) is 9.61. The van der Waals surface area contributed by atoms with Gasteiger partial charge in [0.2, 0.25) is 0 Å². The monoisotopic (exact) mass is 272 g/mol. The molecule has 0 bridgehead atoms. The molecule has 5 nitrogen and oxygen atoms in total. The number of para-hydroxylation sites is 1. The van der Waals surface area contributed by atoms with Crippen LogP contribution in [0.4, 0.5) is 0 Å². The molecule has 0 aliphatic carbocycles. The number of ether oxygens (including phenoxy) is 2. The van der Waals surface area contributed by atoms with Gasteiger partial charge in [-0.1, -0.05) is 18.2 Å². The van der Waals surface area contributed by atoms with Gasteiger partial charge in [0.05, 0.1) is 12.8 Å². The number of hydrogen-bond acceptors (Lipinski definition) is 4. The maximum Gasteiger partial charge on any atom is 0.335 e. The molecule has 0 spiro atoms.